The van der Waals surface area contributed by atoms with Gasteiger partial charge in [-0.3, -0.25) is 14.5 Å². The average Bonchev–Trinajstić information content (AvgIpc) is 2.90. The zero-order valence-electron chi connectivity index (χ0n) is 19.2. The van der Waals surface area contributed by atoms with Gasteiger partial charge in [0.1, 0.15) is 5.75 Å². The first-order chi connectivity index (χ1) is 16.7. The zero-order valence-corrected chi connectivity index (χ0v) is 19.2. The van der Waals surface area contributed by atoms with Crippen molar-refractivity contribution in [2.45, 2.75) is 12.5 Å². The Morgan fingerprint density at radius 1 is 0.794 bits per heavy atom. The molecule has 1 saturated heterocycles. The van der Waals surface area contributed by atoms with Crippen LogP contribution in [0.15, 0.2) is 84.9 Å². The summed E-state index contributed by atoms with van der Waals surface area (Å²) < 4.78 is 5.50. The zero-order chi connectivity index (χ0) is 23.3. The van der Waals surface area contributed by atoms with E-state index in [1.807, 2.05) is 41.3 Å². The van der Waals surface area contributed by atoms with Crippen molar-refractivity contribution in [1.29, 1.82) is 0 Å². The molecule has 6 heteroatoms. The van der Waals surface area contributed by atoms with E-state index in [4.69, 9.17) is 4.74 Å². The van der Waals surface area contributed by atoms with Gasteiger partial charge in [0.2, 0.25) is 5.91 Å². The third kappa shape index (κ3) is 4.68. The van der Waals surface area contributed by atoms with E-state index in [-0.39, 0.29) is 24.5 Å². The van der Waals surface area contributed by atoms with Crippen LogP contribution >= 0.6 is 0 Å². The summed E-state index contributed by atoms with van der Waals surface area (Å²) in [6.45, 7) is 3.36. The third-order valence-corrected chi connectivity index (χ3v) is 6.62. The molecule has 2 heterocycles. The molecule has 0 atom stereocenters. The SMILES string of the molecule is O=C(CCN1C(=O)COc2ccccc21)N1CCN(C(c2ccccc2)c2ccccc2)CC1. The minimum atomic E-state index is -0.107. The van der Waals surface area contributed by atoms with Crippen LogP contribution in [0.3, 0.4) is 0 Å². The summed E-state index contributed by atoms with van der Waals surface area (Å²) in [5.41, 5.74) is 3.26. The van der Waals surface area contributed by atoms with Crippen LogP contribution in [0.5, 0.6) is 5.75 Å². The Labute approximate surface area is 200 Å². The fourth-order valence-corrected chi connectivity index (χ4v) is 4.88. The number of hydrogen-bond donors (Lipinski definition) is 0. The third-order valence-electron chi connectivity index (χ3n) is 6.62. The summed E-state index contributed by atoms with van der Waals surface area (Å²) in [5, 5.41) is 0. The molecule has 0 aliphatic carbocycles. The predicted molar refractivity (Wildman–Crippen MR) is 132 cm³/mol. The van der Waals surface area contributed by atoms with E-state index in [0.717, 1.165) is 18.8 Å². The molecule has 2 amide bonds. The molecule has 0 unspecified atom stereocenters. The van der Waals surface area contributed by atoms with Gasteiger partial charge in [-0.1, -0.05) is 72.8 Å². The number of fused-ring (bicyclic) bond motifs is 1. The molecule has 5 rings (SSSR count). The molecule has 174 valence electrons. The Hall–Kier alpha value is -3.64. The molecule has 0 saturated carbocycles. The number of carbonyl (C=O) groups is 2. The number of hydrogen-bond acceptors (Lipinski definition) is 4. The average molecular weight is 456 g/mol. The van der Waals surface area contributed by atoms with E-state index in [1.165, 1.54) is 11.1 Å². The fourth-order valence-electron chi connectivity index (χ4n) is 4.88. The van der Waals surface area contributed by atoms with Crippen molar-refractivity contribution < 1.29 is 14.3 Å². The van der Waals surface area contributed by atoms with Crippen LogP contribution in [0.4, 0.5) is 5.69 Å². The molecular formula is C28H29N3O3. The molecule has 2 aliphatic heterocycles. The molecule has 0 aromatic heterocycles. The molecule has 3 aromatic carbocycles. The number of nitrogens with zero attached hydrogens (tertiary/aromatic N) is 3. The molecule has 1 fully saturated rings. The van der Waals surface area contributed by atoms with E-state index < -0.39 is 0 Å². The van der Waals surface area contributed by atoms with E-state index in [9.17, 15) is 9.59 Å². The lowest BCUT2D eigenvalue weighted by molar-refractivity contribution is -0.133. The number of anilines is 1. The summed E-state index contributed by atoms with van der Waals surface area (Å²) in [6.07, 6.45) is 0.306. The van der Waals surface area contributed by atoms with Crippen LogP contribution in [0.2, 0.25) is 0 Å². The van der Waals surface area contributed by atoms with Gasteiger partial charge in [-0.2, -0.15) is 0 Å². The Kier molecular flexibility index (Phi) is 6.58. The Morgan fingerprint density at radius 2 is 1.38 bits per heavy atom. The van der Waals surface area contributed by atoms with E-state index in [2.05, 4.69) is 53.4 Å². The van der Waals surface area contributed by atoms with Gasteiger partial charge in [0.15, 0.2) is 6.61 Å². The van der Waals surface area contributed by atoms with E-state index in [1.54, 1.807) is 4.90 Å². The predicted octanol–water partition coefficient (Wildman–Crippen LogP) is 3.74. The lowest BCUT2D eigenvalue weighted by Gasteiger charge is -2.40. The highest BCUT2D eigenvalue weighted by Gasteiger charge is 2.30. The number of amides is 2. The Balaban J connectivity index is 1.22. The highest BCUT2D eigenvalue weighted by atomic mass is 16.5. The second-order valence-corrected chi connectivity index (χ2v) is 8.69. The number of benzene rings is 3. The first-order valence-electron chi connectivity index (χ1n) is 11.8. The normalized spacial score (nSPS) is 16.3. The summed E-state index contributed by atoms with van der Waals surface area (Å²) >= 11 is 0. The van der Waals surface area contributed by atoms with Crippen molar-refractivity contribution in [2.75, 3.05) is 44.2 Å². The Morgan fingerprint density at radius 3 is 2.03 bits per heavy atom. The van der Waals surface area contributed by atoms with Gasteiger partial charge in [-0.15, -0.1) is 0 Å². The minimum Gasteiger partial charge on any atom is -0.482 e. The monoisotopic (exact) mass is 455 g/mol. The molecule has 2 aliphatic rings. The lowest BCUT2D eigenvalue weighted by Crippen LogP contribution is -2.50. The first kappa shape index (κ1) is 22.2. The van der Waals surface area contributed by atoms with Crippen LogP contribution < -0.4 is 9.64 Å². The number of para-hydroxylation sites is 2. The van der Waals surface area contributed by atoms with E-state index in [0.29, 0.717) is 31.8 Å². The molecule has 0 bridgehead atoms. The van der Waals surface area contributed by atoms with Gasteiger partial charge in [-0.05, 0) is 23.3 Å². The topological polar surface area (TPSA) is 53.1 Å². The largest absolute Gasteiger partial charge is 0.482 e. The van der Waals surface area contributed by atoms with Gasteiger partial charge >= 0.3 is 0 Å². The fraction of sp³-hybridized carbons (Fsp3) is 0.286. The van der Waals surface area contributed by atoms with Crippen molar-refractivity contribution in [3.8, 4) is 5.75 Å². The number of rotatable bonds is 6. The second kappa shape index (κ2) is 10.1. The molecule has 0 radical (unpaired) electrons. The van der Waals surface area contributed by atoms with Crippen molar-refractivity contribution in [1.82, 2.24) is 9.80 Å². The maximum atomic E-state index is 13.0. The van der Waals surface area contributed by atoms with Crippen LogP contribution in [-0.2, 0) is 9.59 Å². The summed E-state index contributed by atoms with van der Waals surface area (Å²) in [6, 6.07) is 28.7. The number of carbonyl (C=O) groups excluding carboxylic acids is 2. The molecule has 0 N–H and O–H groups in total. The molecule has 3 aromatic rings. The van der Waals surface area contributed by atoms with Crippen molar-refractivity contribution >= 4 is 17.5 Å². The van der Waals surface area contributed by atoms with Crippen molar-refractivity contribution in [3.05, 3.63) is 96.1 Å². The summed E-state index contributed by atoms with van der Waals surface area (Å²) in [5.74, 6) is 0.674. The molecule has 0 spiro atoms. The van der Waals surface area contributed by atoms with Crippen molar-refractivity contribution in [2.24, 2.45) is 0 Å². The van der Waals surface area contributed by atoms with Gasteiger partial charge < -0.3 is 14.5 Å². The first-order valence-corrected chi connectivity index (χ1v) is 11.8. The number of ether oxygens (including phenoxy) is 1. The smallest absolute Gasteiger partial charge is 0.265 e. The maximum absolute atomic E-state index is 13.0. The second-order valence-electron chi connectivity index (χ2n) is 8.69. The highest BCUT2D eigenvalue weighted by Crippen LogP contribution is 2.32. The maximum Gasteiger partial charge on any atom is 0.265 e. The molecular weight excluding hydrogens is 426 g/mol. The quantitative estimate of drug-likeness (QED) is 0.568. The minimum absolute atomic E-state index is 0.0181. The lowest BCUT2D eigenvalue weighted by atomic mass is 9.96. The number of piperazine rings is 1. The van der Waals surface area contributed by atoms with E-state index >= 15 is 0 Å². The molecule has 34 heavy (non-hydrogen) atoms. The summed E-state index contributed by atoms with van der Waals surface area (Å²) in [4.78, 5) is 31.5. The highest BCUT2D eigenvalue weighted by molar-refractivity contribution is 5.98. The summed E-state index contributed by atoms with van der Waals surface area (Å²) in [7, 11) is 0. The standard InChI is InChI=1S/C28H29N3O3/c32-26(15-16-31-24-13-7-8-14-25(24)34-21-27(31)33)29-17-19-30(20-18-29)28(22-9-3-1-4-10-22)23-11-5-2-6-12-23/h1-14,28H,15-21H2. The van der Waals surface area contributed by atoms with Crippen LogP contribution in [0, 0.1) is 0 Å². The Bertz CT molecular complexity index is 1090. The van der Waals surface area contributed by atoms with Gasteiger partial charge in [0, 0.05) is 39.1 Å². The van der Waals surface area contributed by atoms with Gasteiger partial charge in [-0.25, -0.2) is 0 Å². The van der Waals surface area contributed by atoms with Gasteiger partial charge in [0.05, 0.1) is 11.7 Å². The van der Waals surface area contributed by atoms with Crippen LogP contribution in [-0.4, -0.2) is 60.9 Å². The molecule has 6 nitrogen and oxygen atoms in total. The van der Waals surface area contributed by atoms with Crippen LogP contribution in [0.25, 0.3) is 0 Å². The van der Waals surface area contributed by atoms with Crippen molar-refractivity contribution in [3.63, 3.8) is 0 Å². The van der Waals surface area contributed by atoms with Gasteiger partial charge in [0.25, 0.3) is 5.91 Å². The van der Waals surface area contributed by atoms with Crippen LogP contribution in [0.1, 0.15) is 23.6 Å².